The summed E-state index contributed by atoms with van der Waals surface area (Å²) in [6, 6.07) is 68.5. The molecule has 0 amide bonds. The molecule has 2 heteroatoms. The molecule has 240 valence electrons. The van der Waals surface area contributed by atoms with Crippen LogP contribution in [0.1, 0.15) is 5.56 Å². The maximum Gasteiger partial charge on any atom is 0.0541 e. The highest BCUT2D eigenvalue weighted by molar-refractivity contribution is 6.12. The zero-order valence-electron chi connectivity index (χ0n) is 28.3. The second kappa shape index (κ2) is 11.8. The van der Waals surface area contributed by atoms with Crippen LogP contribution in [0.5, 0.6) is 0 Å². The van der Waals surface area contributed by atoms with Crippen molar-refractivity contribution >= 4 is 43.6 Å². The van der Waals surface area contributed by atoms with E-state index < -0.39 is 0 Å². The lowest BCUT2D eigenvalue weighted by Crippen LogP contribution is -1.94. The van der Waals surface area contributed by atoms with Crippen LogP contribution in [0.4, 0.5) is 0 Å². The van der Waals surface area contributed by atoms with Gasteiger partial charge in [-0.1, -0.05) is 127 Å². The first-order valence-corrected chi connectivity index (χ1v) is 17.6. The van der Waals surface area contributed by atoms with Crippen molar-refractivity contribution < 1.29 is 0 Å². The van der Waals surface area contributed by atoms with Gasteiger partial charge in [0.15, 0.2) is 0 Å². The first-order chi connectivity index (χ1) is 25.2. The lowest BCUT2D eigenvalue weighted by molar-refractivity contribution is 1.18. The molecule has 0 N–H and O–H groups in total. The molecule has 0 bridgehead atoms. The van der Waals surface area contributed by atoms with E-state index in [4.69, 9.17) is 0 Å². The molecule has 0 saturated carbocycles. The van der Waals surface area contributed by atoms with Gasteiger partial charge in [0.25, 0.3) is 0 Å². The van der Waals surface area contributed by atoms with Crippen molar-refractivity contribution in [1.82, 2.24) is 9.13 Å². The van der Waals surface area contributed by atoms with E-state index >= 15 is 0 Å². The van der Waals surface area contributed by atoms with Crippen molar-refractivity contribution in [1.29, 1.82) is 0 Å². The van der Waals surface area contributed by atoms with Gasteiger partial charge in [-0.3, -0.25) is 0 Å². The van der Waals surface area contributed by atoms with E-state index in [9.17, 15) is 0 Å². The van der Waals surface area contributed by atoms with E-state index in [1.807, 2.05) is 0 Å². The van der Waals surface area contributed by atoms with E-state index in [2.05, 4.69) is 204 Å². The van der Waals surface area contributed by atoms with Gasteiger partial charge in [-0.2, -0.15) is 0 Å². The molecule has 0 radical (unpaired) electrons. The smallest absolute Gasteiger partial charge is 0.0541 e. The van der Waals surface area contributed by atoms with Gasteiger partial charge in [0.1, 0.15) is 0 Å². The zero-order valence-corrected chi connectivity index (χ0v) is 28.3. The van der Waals surface area contributed by atoms with Gasteiger partial charge < -0.3 is 9.13 Å². The van der Waals surface area contributed by atoms with Gasteiger partial charge in [-0.25, -0.2) is 0 Å². The van der Waals surface area contributed by atoms with Gasteiger partial charge in [0.2, 0.25) is 0 Å². The number of hydrogen-bond donors (Lipinski definition) is 0. The maximum absolute atomic E-state index is 2.40. The number of rotatable bonds is 5. The molecule has 2 aromatic heterocycles. The zero-order chi connectivity index (χ0) is 33.9. The van der Waals surface area contributed by atoms with Crippen molar-refractivity contribution in [2.24, 2.45) is 0 Å². The molecule has 2 nitrogen and oxygen atoms in total. The quantitative estimate of drug-likeness (QED) is 0.175. The molecule has 0 unspecified atom stereocenters. The fraction of sp³-hybridized carbons (Fsp3) is 0.0204. The minimum absolute atomic E-state index is 1.17. The maximum atomic E-state index is 2.40. The van der Waals surface area contributed by atoms with Gasteiger partial charge in [0.05, 0.1) is 22.1 Å². The Balaban J connectivity index is 1.03. The van der Waals surface area contributed by atoms with Crippen LogP contribution in [0.15, 0.2) is 188 Å². The van der Waals surface area contributed by atoms with Crippen LogP contribution in [0.3, 0.4) is 0 Å². The van der Waals surface area contributed by atoms with E-state index in [1.165, 1.54) is 93.9 Å². The molecule has 2 heterocycles. The average Bonchev–Trinajstić information content (AvgIpc) is 3.70. The summed E-state index contributed by atoms with van der Waals surface area (Å²) >= 11 is 0. The highest BCUT2D eigenvalue weighted by Gasteiger charge is 2.15. The Morgan fingerprint density at radius 3 is 1.29 bits per heavy atom. The molecule has 0 aliphatic carbocycles. The topological polar surface area (TPSA) is 9.86 Å². The summed E-state index contributed by atoms with van der Waals surface area (Å²) in [6.07, 6.45) is 0. The van der Waals surface area contributed by atoms with Gasteiger partial charge >= 0.3 is 0 Å². The summed E-state index contributed by atoms with van der Waals surface area (Å²) in [4.78, 5) is 0. The van der Waals surface area contributed by atoms with Crippen molar-refractivity contribution in [2.75, 3.05) is 0 Å². The first kappa shape index (κ1) is 29.3. The fourth-order valence-electron chi connectivity index (χ4n) is 7.89. The Kier molecular flexibility index (Phi) is 6.75. The van der Waals surface area contributed by atoms with Crippen molar-refractivity contribution in [3.05, 3.63) is 194 Å². The number of nitrogens with zero attached hydrogens (tertiary/aromatic N) is 2. The van der Waals surface area contributed by atoms with Crippen LogP contribution in [0, 0.1) is 6.92 Å². The highest BCUT2D eigenvalue weighted by Crippen LogP contribution is 2.38. The van der Waals surface area contributed by atoms with E-state index in [0.717, 1.165) is 0 Å². The van der Waals surface area contributed by atoms with Crippen LogP contribution >= 0.6 is 0 Å². The Morgan fingerprint density at radius 2 is 0.667 bits per heavy atom. The SMILES string of the molecule is Cc1ccc2c(c1)c1cc(-c3ccc(-c4ccc5c(c4)c4ccccc4n5-c4ccccc4)cc3)ccc1n2-c1ccc(-c2ccccc2)cc1. The summed E-state index contributed by atoms with van der Waals surface area (Å²) in [5.74, 6) is 0. The monoisotopic (exact) mass is 650 g/mol. The first-order valence-electron chi connectivity index (χ1n) is 17.6. The second-order valence-electron chi connectivity index (χ2n) is 13.5. The van der Waals surface area contributed by atoms with Crippen molar-refractivity contribution in [3.8, 4) is 44.8 Å². The molecule has 0 aliphatic rings. The second-order valence-corrected chi connectivity index (χ2v) is 13.5. The number of para-hydroxylation sites is 2. The summed E-state index contributed by atoms with van der Waals surface area (Å²) in [6.45, 7) is 2.18. The van der Waals surface area contributed by atoms with Gasteiger partial charge in [-0.15, -0.1) is 0 Å². The fourth-order valence-corrected chi connectivity index (χ4v) is 7.89. The third kappa shape index (κ3) is 4.87. The van der Waals surface area contributed by atoms with Crippen LogP contribution in [-0.4, -0.2) is 9.13 Å². The predicted octanol–water partition coefficient (Wildman–Crippen LogP) is 13.2. The van der Waals surface area contributed by atoms with Crippen LogP contribution in [0.25, 0.3) is 88.4 Å². The molecule has 0 saturated heterocycles. The molecular formula is C49H34N2. The molecule has 10 rings (SSSR count). The molecule has 0 spiro atoms. The number of benzene rings is 8. The molecule has 0 atom stereocenters. The average molecular weight is 651 g/mol. The van der Waals surface area contributed by atoms with Crippen LogP contribution in [0.2, 0.25) is 0 Å². The predicted molar refractivity (Wildman–Crippen MR) is 216 cm³/mol. The number of hydrogen-bond acceptors (Lipinski definition) is 0. The Hall–Kier alpha value is -6.64. The largest absolute Gasteiger partial charge is 0.309 e. The minimum atomic E-state index is 1.17. The molecule has 8 aromatic carbocycles. The molecule has 0 aliphatic heterocycles. The lowest BCUT2D eigenvalue weighted by Gasteiger charge is -2.10. The van der Waals surface area contributed by atoms with E-state index in [0.29, 0.717) is 0 Å². The Labute approximate surface area is 297 Å². The van der Waals surface area contributed by atoms with Crippen molar-refractivity contribution in [3.63, 3.8) is 0 Å². The van der Waals surface area contributed by atoms with Crippen LogP contribution < -0.4 is 0 Å². The Morgan fingerprint density at radius 1 is 0.275 bits per heavy atom. The molecular weight excluding hydrogens is 617 g/mol. The summed E-state index contributed by atoms with van der Waals surface area (Å²) < 4.78 is 4.77. The van der Waals surface area contributed by atoms with E-state index in [-0.39, 0.29) is 0 Å². The van der Waals surface area contributed by atoms with Gasteiger partial charge in [0, 0.05) is 32.9 Å². The van der Waals surface area contributed by atoms with E-state index in [1.54, 1.807) is 0 Å². The highest BCUT2D eigenvalue weighted by atomic mass is 15.0. The van der Waals surface area contributed by atoms with Crippen molar-refractivity contribution in [2.45, 2.75) is 6.92 Å². The molecule has 51 heavy (non-hydrogen) atoms. The minimum Gasteiger partial charge on any atom is -0.309 e. The van der Waals surface area contributed by atoms with Gasteiger partial charge in [-0.05, 0) is 107 Å². The number of aryl methyl sites for hydroxylation is 1. The Bertz CT molecular complexity index is 2870. The third-order valence-electron chi connectivity index (χ3n) is 10.4. The standard InChI is InChI=1S/C49H34N2/c1-33-16-27-47-43(30-33)45-32-39(24-29-49(45)51(47)41-25-21-35(22-26-41)34-10-4-2-5-11-34)37-19-17-36(18-20-37)38-23-28-48-44(31-38)42-14-8-9-15-46(42)50(48)40-12-6-3-7-13-40/h2-32H,1H3. The normalized spacial score (nSPS) is 11.6. The van der Waals surface area contributed by atoms with Crippen LogP contribution in [-0.2, 0) is 0 Å². The lowest BCUT2D eigenvalue weighted by atomic mass is 9.98. The third-order valence-corrected chi connectivity index (χ3v) is 10.4. The summed E-state index contributed by atoms with van der Waals surface area (Å²) in [7, 11) is 0. The molecule has 0 fully saturated rings. The summed E-state index contributed by atoms with van der Waals surface area (Å²) in [5, 5.41) is 5.08. The number of fused-ring (bicyclic) bond motifs is 6. The molecule has 10 aromatic rings. The summed E-state index contributed by atoms with van der Waals surface area (Å²) in [5.41, 5.74) is 15.8. The number of aromatic nitrogens is 2.